The molecule has 1 rings (SSSR count). The van der Waals surface area contributed by atoms with Crippen molar-refractivity contribution in [1.82, 2.24) is 0 Å². The van der Waals surface area contributed by atoms with Gasteiger partial charge < -0.3 is 15.6 Å². The zero-order valence-electron chi connectivity index (χ0n) is 18.2. The number of ketones is 1. The van der Waals surface area contributed by atoms with Gasteiger partial charge in [0.2, 0.25) is 5.60 Å². The van der Waals surface area contributed by atoms with Gasteiger partial charge in [-0.2, -0.15) is 0 Å². The molecule has 3 N–H and O–H groups in total. The van der Waals surface area contributed by atoms with Crippen molar-refractivity contribution in [3.05, 3.63) is 0 Å². The summed E-state index contributed by atoms with van der Waals surface area (Å²) in [4.78, 5) is 23.8. The molecule has 0 aromatic heterocycles. The largest absolute Gasteiger partial charge is 0.391 e. The highest BCUT2D eigenvalue weighted by molar-refractivity contribution is 6.12. The van der Waals surface area contributed by atoms with E-state index in [1.807, 2.05) is 0 Å². The summed E-state index contributed by atoms with van der Waals surface area (Å²) in [5.41, 5.74) is 3.76. The smallest absolute Gasteiger partial charge is 0.260 e. The Balaban J connectivity index is 1.92. The zero-order chi connectivity index (χ0) is 20.8. The molecule has 0 bridgehead atoms. The predicted molar refractivity (Wildman–Crippen MR) is 113 cm³/mol. The molecule has 28 heavy (non-hydrogen) atoms. The molecule has 0 aliphatic carbocycles. The molecular formula is C23H43NO4. The number of amides is 1. The van der Waals surface area contributed by atoms with Crippen molar-refractivity contribution >= 4 is 11.7 Å². The summed E-state index contributed by atoms with van der Waals surface area (Å²) >= 11 is 0. The summed E-state index contributed by atoms with van der Waals surface area (Å²) in [6.07, 6.45) is 17.7. The zero-order valence-corrected chi connectivity index (χ0v) is 18.2. The van der Waals surface area contributed by atoms with Crippen LogP contribution in [0.1, 0.15) is 117 Å². The van der Waals surface area contributed by atoms with Crippen LogP contribution in [-0.2, 0) is 14.3 Å². The first-order valence-electron chi connectivity index (χ1n) is 11.7. The third kappa shape index (κ3) is 8.60. The molecular weight excluding hydrogens is 354 g/mol. The number of primary amides is 1. The molecule has 5 nitrogen and oxygen atoms in total. The van der Waals surface area contributed by atoms with Crippen molar-refractivity contribution < 1.29 is 19.4 Å². The number of hydrogen-bond acceptors (Lipinski definition) is 4. The second-order valence-electron chi connectivity index (χ2n) is 8.50. The third-order valence-electron chi connectivity index (χ3n) is 5.88. The first-order chi connectivity index (χ1) is 13.5. The van der Waals surface area contributed by atoms with Crippen molar-refractivity contribution in [2.75, 3.05) is 0 Å². The standard InChI is InChI=1S/C23H43NO4/c1-3-4-5-6-7-8-9-10-11-12-13-14-15-16-17-18-20(26)23(22(24)27)21(28-23)19(2)25/h19,21,25H,3-18H2,1-2H3,(H2,24,27)/t19-,21-,23-/m0/s1. The summed E-state index contributed by atoms with van der Waals surface area (Å²) in [5.74, 6) is -1.05. The molecule has 164 valence electrons. The van der Waals surface area contributed by atoms with E-state index in [2.05, 4.69) is 6.92 Å². The fourth-order valence-corrected chi connectivity index (χ4v) is 4.01. The van der Waals surface area contributed by atoms with Gasteiger partial charge in [0, 0.05) is 6.42 Å². The second-order valence-corrected chi connectivity index (χ2v) is 8.50. The Morgan fingerprint density at radius 2 is 1.25 bits per heavy atom. The minimum atomic E-state index is -1.57. The third-order valence-corrected chi connectivity index (χ3v) is 5.88. The fraction of sp³-hybridized carbons (Fsp3) is 0.913. The van der Waals surface area contributed by atoms with E-state index in [-0.39, 0.29) is 5.78 Å². The number of unbranched alkanes of at least 4 members (excludes halogenated alkanes) is 14. The van der Waals surface area contributed by atoms with Gasteiger partial charge in [0.25, 0.3) is 5.91 Å². The molecule has 1 aliphatic heterocycles. The van der Waals surface area contributed by atoms with Crippen molar-refractivity contribution in [3.8, 4) is 0 Å². The monoisotopic (exact) mass is 397 g/mol. The number of aliphatic hydroxyl groups excluding tert-OH is 1. The predicted octanol–water partition coefficient (Wildman–Crippen LogP) is 4.82. The van der Waals surface area contributed by atoms with Crippen LogP contribution in [0.15, 0.2) is 0 Å². The molecule has 1 heterocycles. The Morgan fingerprint density at radius 1 is 0.857 bits per heavy atom. The topological polar surface area (TPSA) is 92.9 Å². The number of carbonyl (C=O) groups is 2. The lowest BCUT2D eigenvalue weighted by atomic mass is 9.92. The summed E-state index contributed by atoms with van der Waals surface area (Å²) in [6, 6.07) is 0. The number of aliphatic hydroxyl groups is 1. The first-order valence-corrected chi connectivity index (χ1v) is 11.7. The SMILES string of the molecule is CCCCCCCCCCCCCCCCCC(=O)[C@]1(C(N)=O)O[C@H]1[C@H](C)O. The van der Waals surface area contributed by atoms with Gasteiger partial charge in [-0.15, -0.1) is 0 Å². The highest BCUT2D eigenvalue weighted by Gasteiger charge is 2.68. The average Bonchev–Trinajstić information content (AvgIpc) is 3.42. The minimum Gasteiger partial charge on any atom is -0.391 e. The van der Waals surface area contributed by atoms with Crippen LogP contribution < -0.4 is 5.73 Å². The molecule has 0 saturated carbocycles. The van der Waals surface area contributed by atoms with Crippen LogP contribution >= 0.6 is 0 Å². The van der Waals surface area contributed by atoms with E-state index >= 15 is 0 Å². The summed E-state index contributed by atoms with van der Waals surface area (Å²) in [5, 5.41) is 9.54. The summed E-state index contributed by atoms with van der Waals surface area (Å²) in [6.45, 7) is 3.77. The van der Waals surface area contributed by atoms with Crippen LogP contribution in [-0.4, -0.2) is 34.6 Å². The van der Waals surface area contributed by atoms with Crippen LogP contribution in [0, 0.1) is 0 Å². The van der Waals surface area contributed by atoms with Crippen LogP contribution in [0.4, 0.5) is 0 Å². The van der Waals surface area contributed by atoms with E-state index in [1.54, 1.807) is 0 Å². The summed E-state index contributed by atoms with van der Waals surface area (Å²) in [7, 11) is 0. The lowest BCUT2D eigenvalue weighted by Crippen LogP contribution is -2.43. The van der Waals surface area contributed by atoms with Gasteiger partial charge in [0.05, 0.1) is 6.10 Å². The molecule has 0 aromatic carbocycles. The minimum absolute atomic E-state index is 0.277. The number of ether oxygens (including phenoxy) is 1. The second kappa shape index (κ2) is 14.1. The Morgan fingerprint density at radius 3 is 1.57 bits per heavy atom. The van der Waals surface area contributed by atoms with Gasteiger partial charge in [0.15, 0.2) is 5.78 Å². The Bertz CT molecular complexity index is 452. The van der Waals surface area contributed by atoms with E-state index in [4.69, 9.17) is 10.5 Å². The maximum Gasteiger partial charge on any atom is 0.260 e. The van der Waals surface area contributed by atoms with Gasteiger partial charge in [0.1, 0.15) is 6.10 Å². The molecule has 0 aromatic rings. The molecule has 0 unspecified atom stereocenters. The molecule has 1 amide bonds. The van der Waals surface area contributed by atoms with Gasteiger partial charge in [-0.25, -0.2) is 0 Å². The molecule has 1 aliphatic rings. The van der Waals surface area contributed by atoms with Gasteiger partial charge >= 0.3 is 0 Å². The van der Waals surface area contributed by atoms with E-state index < -0.39 is 23.7 Å². The lowest BCUT2D eigenvalue weighted by molar-refractivity contribution is -0.134. The van der Waals surface area contributed by atoms with Crippen LogP contribution in [0.2, 0.25) is 0 Å². The number of epoxide rings is 1. The first kappa shape index (κ1) is 25.1. The van der Waals surface area contributed by atoms with E-state index in [9.17, 15) is 14.7 Å². The van der Waals surface area contributed by atoms with Crippen molar-refractivity contribution in [2.45, 2.75) is 134 Å². The molecule has 3 atom stereocenters. The van der Waals surface area contributed by atoms with Crippen molar-refractivity contribution in [1.29, 1.82) is 0 Å². The number of Topliss-reactive ketones (excluding diaryl/α,β-unsaturated/α-hetero) is 1. The maximum atomic E-state index is 12.3. The number of carbonyl (C=O) groups excluding carboxylic acids is 2. The van der Waals surface area contributed by atoms with E-state index in [0.29, 0.717) is 6.42 Å². The van der Waals surface area contributed by atoms with Crippen molar-refractivity contribution in [2.24, 2.45) is 5.73 Å². The van der Waals surface area contributed by atoms with Crippen LogP contribution in [0.3, 0.4) is 0 Å². The molecule has 1 fully saturated rings. The van der Waals surface area contributed by atoms with Gasteiger partial charge in [-0.05, 0) is 13.3 Å². The maximum absolute atomic E-state index is 12.3. The lowest BCUT2D eigenvalue weighted by Gasteiger charge is -2.09. The van der Waals surface area contributed by atoms with Crippen LogP contribution in [0.5, 0.6) is 0 Å². The Kier molecular flexibility index (Phi) is 12.6. The quantitative estimate of drug-likeness (QED) is 0.186. The number of hydrogen-bond donors (Lipinski definition) is 2. The molecule has 0 spiro atoms. The molecule has 1 saturated heterocycles. The Labute approximate surface area is 171 Å². The highest BCUT2D eigenvalue weighted by Crippen LogP contribution is 2.40. The average molecular weight is 398 g/mol. The van der Waals surface area contributed by atoms with Gasteiger partial charge in [-0.1, -0.05) is 96.8 Å². The van der Waals surface area contributed by atoms with Crippen LogP contribution in [0.25, 0.3) is 0 Å². The Hall–Kier alpha value is -0.940. The van der Waals surface area contributed by atoms with Crippen molar-refractivity contribution in [3.63, 3.8) is 0 Å². The van der Waals surface area contributed by atoms with E-state index in [1.165, 1.54) is 84.0 Å². The normalized spacial score (nSPS) is 22.2. The van der Waals surface area contributed by atoms with E-state index in [0.717, 1.165) is 19.3 Å². The number of nitrogens with two attached hydrogens (primary N) is 1. The summed E-state index contributed by atoms with van der Waals surface area (Å²) < 4.78 is 5.19. The fourth-order valence-electron chi connectivity index (χ4n) is 4.01. The van der Waals surface area contributed by atoms with Gasteiger partial charge in [-0.3, -0.25) is 9.59 Å². The number of rotatable bonds is 19. The highest BCUT2D eigenvalue weighted by atomic mass is 16.6. The molecule has 0 radical (unpaired) electrons. The molecule has 5 heteroatoms.